The lowest BCUT2D eigenvalue weighted by atomic mass is 10.0. The average Bonchev–Trinajstić information content (AvgIpc) is 2.59. The van der Waals surface area contributed by atoms with E-state index in [9.17, 15) is 0 Å². The van der Waals surface area contributed by atoms with Crippen molar-refractivity contribution in [1.82, 2.24) is 0 Å². The highest BCUT2D eigenvalue weighted by molar-refractivity contribution is 5.92. The third-order valence-corrected chi connectivity index (χ3v) is 3.65. The van der Waals surface area contributed by atoms with Gasteiger partial charge in [0.25, 0.3) is 0 Å². The first-order valence-corrected chi connectivity index (χ1v) is 7.65. The molecule has 23 heavy (non-hydrogen) atoms. The molecule has 0 amide bonds. The number of aryl methyl sites for hydroxylation is 1. The highest BCUT2D eigenvalue weighted by Gasteiger charge is 2.07. The fourth-order valence-electron chi connectivity index (χ4n) is 2.34. The lowest BCUT2D eigenvalue weighted by Gasteiger charge is -2.04. The Morgan fingerprint density at radius 3 is 2.65 bits per heavy atom. The Kier molecular flexibility index (Phi) is 6.08. The van der Waals surface area contributed by atoms with E-state index in [1.165, 1.54) is 11.1 Å². The molecule has 0 unspecified atom stereocenters. The number of nitrogens with one attached hydrogen (secondary N) is 1. The molecule has 0 bridgehead atoms. The van der Waals surface area contributed by atoms with Crippen LogP contribution in [-0.2, 0) is 13.0 Å². The van der Waals surface area contributed by atoms with E-state index in [2.05, 4.69) is 29.8 Å². The fourth-order valence-corrected chi connectivity index (χ4v) is 2.34. The zero-order valence-corrected chi connectivity index (χ0v) is 13.4. The number of nitriles is 1. The van der Waals surface area contributed by atoms with Gasteiger partial charge in [-0.2, -0.15) is 5.26 Å². The number of hydrogen-bond donors (Lipinski definition) is 1. The van der Waals surface area contributed by atoms with Gasteiger partial charge >= 0.3 is 0 Å². The number of hydrogen-bond acceptors (Lipinski definition) is 1. The van der Waals surface area contributed by atoms with Gasteiger partial charge in [0.2, 0.25) is 0 Å². The third kappa shape index (κ3) is 5.09. The minimum absolute atomic E-state index is 0.701. The Balaban J connectivity index is 2.20. The van der Waals surface area contributed by atoms with Crippen LogP contribution in [-0.4, -0.2) is 5.71 Å². The molecule has 2 nitrogen and oxygen atoms in total. The van der Waals surface area contributed by atoms with Crippen LogP contribution in [0.15, 0.2) is 73.3 Å². The molecule has 0 aliphatic rings. The van der Waals surface area contributed by atoms with Crippen molar-refractivity contribution in [1.29, 1.82) is 5.26 Å². The van der Waals surface area contributed by atoms with Gasteiger partial charge in [-0.25, -0.2) is 4.99 Å². The van der Waals surface area contributed by atoms with Crippen molar-refractivity contribution in [3.63, 3.8) is 0 Å². The molecule has 0 aliphatic carbocycles. The highest BCUT2D eigenvalue weighted by Crippen LogP contribution is 2.11. The van der Waals surface area contributed by atoms with Crippen LogP contribution in [0.3, 0.4) is 0 Å². The first-order valence-electron chi connectivity index (χ1n) is 7.65. The molecule has 0 fully saturated rings. The van der Waals surface area contributed by atoms with E-state index in [-0.39, 0.29) is 0 Å². The van der Waals surface area contributed by atoms with Gasteiger partial charge in [-0.1, -0.05) is 55.1 Å². The topological polar surface area (TPSA) is 37.8 Å². The molecule has 1 N–H and O–H groups in total. The molecule has 0 heterocycles. The van der Waals surface area contributed by atoms with E-state index in [1.54, 1.807) is 6.08 Å². The van der Waals surface area contributed by atoms with E-state index >= 15 is 0 Å². The second kappa shape index (κ2) is 8.51. The fraction of sp³-hybridized carbons (Fsp3) is 0.143. The van der Waals surface area contributed by atoms with Crippen molar-refractivity contribution in [2.45, 2.75) is 19.9 Å². The van der Waals surface area contributed by atoms with Gasteiger partial charge in [0.05, 0.1) is 18.1 Å². The second-order valence-corrected chi connectivity index (χ2v) is 5.39. The summed E-state index contributed by atoms with van der Waals surface area (Å²) in [4.78, 5) is 3.49. The molecule has 0 radical (unpaired) electrons. The lowest BCUT2D eigenvalue weighted by molar-refractivity contribution is -0.475. The Hall–Kier alpha value is -2.92. The van der Waals surface area contributed by atoms with Crippen LogP contribution in [0, 0.1) is 18.3 Å². The molecule has 0 saturated heterocycles. The Morgan fingerprint density at radius 1 is 1.22 bits per heavy atom. The molecule has 2 rings (SSSR count). The SMILES string of the molecule is C=C/C=C\C(Cc1ccc(C#N)cc1C)=[NH+]Cc1ccccc1. The van der Waals surface area contributed by atoms with Crippen molar-refractivity contribution in [2.24, 2.45) is 0 Å². The van der Waals surface area contributed by atoms with E-state index in [4.69, 9.17) is 5.26 Å². The summed E-state index contributed by atoms with van der Waals surface area (Å²) in [6.45, 7) is 6.56. The Morgan fingerprint density at radius 2 is 2.00 bits per heavy atom. The Labute approximate surface area is 138 Å². The molecule has 0 aromatic heterocycles. The molecule has 0 aliphatic heterocycles. The van der Waals surface area contributed by atoms with Crippen molar-refractivity contribution in [2.75, 3.05) is 0 Å². The van der Waals surface area contributed by atoms with Crippen LogP contribution in [0.1, 0.15) is 22.3 Å². The number of benzene rings is 2. The molecular formula is C21H21N2+. The number of nitrogens with zero attached hydrogens (tertiary/aromatic N) is 1. The van der Waals surface area contributed by atoms with E-state index in [1.807, 2.05) is 55.5 Å². The minimum Gasteiger partial charge on any atom is -0.241 e. The van der Waals surface area contributed by atoms with Gasteiger partial charge in [0.1, 0.15) is 0 Å². The standard InChI is InChI=1S/C21H20N2/c1-3-4-10-21(23-16-18-8-6-5-7-9-18)14-20-12-11-19(15-22)13-17(20)2/h3-13H,1,14,16H2,2H3/p+1/b10-4-,23-21?. The maximum Gasteiger partial charge on any atom is 0.179 e. The van der Waals surface area contributed by atoms with Crippen molar-refractivity contribution < 1.29 is 4.99 Å². The summed E-state index contributed by atoms with van der Waals surface area (Å²) in [5.41, 5.74) is 5.42. The third-order valence-electron chi connectivity index (χ3n) is 3.65. The number of rotatable bonds is 6. The predicted octanol–water partition coefficient (Wildman–Crippen LogP) is 2.87. The van der Waals surface area contributed by atoms with Gasteiger partial charge < -0.3 is 0 Å². The minimum atomic E-state index is 0.701. The summed E-state index contributed by atoms with van der Waals surface area (Å²) in [6.07, 6.45) is 6.56. The van der Waals surface area contributed by atoms with Crippen molar-refractivity contribution in [3.8, 4) is 6.07 Å². The van der Waals surface area contributed by atoms with Crippen LogP contribution >= 0.6 is 0 Å². The monoisotopic (exact) mass is 301 g/mol. The normalized spacial score (nSPS) is 11.4. The predicted molar refractivity (Wildman–Crippen MR) is 95.1 cm³/mol. The summed E-state index contributed by atoms with van der Waals surface area (Å²) in [5.74, 6) is 0. The van der Waals surface area contributed by atoms with Crippen LogP contribution in [0.5, 0.6) is 0 Å². The van der Waals surface area contributed by atoms with Crippen LogP contribution in [0.25, 0.3) is 0 Å². The first-order chi connectivity index (χ1) is 11.2. The van der Waals surface area contributed by atoms with Crippen LogP contribution in [0.4, 0.5) is 0 Å². The van der Waals surface area contributed by atoms with Crippen molar-refractivity contribution in [3.05, 3.63) is 95.6 Å². The molecule has 0 atom stereocenters. The van der Waals surface area contributed by atoms with Gasteiger partial charge in [-0.15, -0.1) is 0 Å². The van der Waals surface area contributed by atoms with Crippen LogP contribution < -0.4 is 4.99 Å². The zero-order valence-electron chi connectivity index (χ0n) is 13.4. The smallest absolute Gasteiger partial charge is 0.179 e. The maximum atomic E-state index is 8.97. The maximum absolute atomic E-state index is 8.97. The van der Waals surface area contributed by atoms with Crippen molar-refractivity contribution >= 4 is 5.71 Å². The van der Waals surface area contributed by atoms with Gasteiger partial charge in [0, 0.05) is 11.6 Å². The summed E-state index contributed by atoms with van der Waals surface area (Å²) < 4.78 is 0. The zero-order chi connectivity index (χ0) is 16.5. The highest BCUT2D eigenvalue weighted by atomic mass is 14.7. The second-order valence-electron chi connectivity index (χ2n) is 5.39. The van der Waals surface area contributed by atoms with Gasteiger partial charge in [0.15, 0.2) is 12.3 Å². The molecule has 2 aromatic carbocycles. The Bertz CT molecular complexity index is 762. The molecule has 114 valence electrons. The largest absolute Gasteiger partial charge is 0.241 e. The lowest BCUT2D eigenvalue weighted by Crippen LogP contribution is -2.71. The summed E-state index contributed by atoms with van der Waals surface area (Å²) in [5, 5.41) is 8.97. The van der Waals surface area contributed by atoms with E-state index in [0.717, 1.165) is 24.2 Å². The number of allylic oxidation sites excluding steroid dienone is 3. The van der Waals surface area contributed by atoms with E-state index < -0.39 is 0 Å². The quantitative estimate of drug-likeness (QED) is 0.646. The molecule has 0 saturated carbocycles. The molecule has 2 heteroatoms. The molecular weight excluding hydrogens is 280 g/mol. The summed E-state index contributed by atoms with van der Waals surface area (Å²) in [6, 6.07) is 18.3. The van der Waals surface area contributed by atoms with E-state index in [0.29, 0.717) is 5.56 Å². The molecule has 2 aromatic rings. The summed E-state index contributed by atoms with van der Waals surface area (Å²) >= 11 is 0. The average molecular weight is 301 g/mol. The van der Waals surface area contributed by atoms with Gasteiger partial charge in [-0.05, 0) is 30.2 Å². The van der Waals surface area contributed by atoms with Gasteiger partial charge in [-0.3, -0.25) is 0 Å². The first kappa shape index (κ1) is 16.5. The van der Waals surface area contributed by atoms with Crippen LogP contribution in [0.2, 0.25) is 0 Å². The summed E-state index contributed by atoms with van der Waals surface area (Å²) in [7, 11) is 0. The molecule has 0 spiro atoms.